The molecular formula is C18H20Cl2N2O2. The lowest BCUT2D eigenvalue weighted by molar-refractivity contribution is -0.120. The molecule has 0 fully saturated rings. The number of ether oxygens (including phenoxy) is 1. The largest absolute Gasteiger partial charge is 0.496 e. The Morgan fingerprint density at radius 2 is 1.92 bits per heavy atom. The molecule has 0 atom stereocenters. The second kappa shape index (κ2) is 9.40. The number of para-hydroxylation sites is 1. The molecule has 0 unspecified atom stereocenters. The van der Waals surface area contributed by atoms with Crippen LogP contribution in [0, 0.1) is 0 Å². The van der Waals surface area contributed by atoms with Crippen LogP contribution < -0.4 is 15.4 Å². The Hall–Kier alpha value is -1.91. The summed E-state index contributed by atoms with van der Waals surface area (Å²) in [6, 6.07) is 13.0. The molecule has 0 saturated carbocycles. The van der Waals surface area contributed by atoms with Gasteiger partial charge in [-0.15, -0.1) is 0 Å². The topological polar surface area (TPSA) is 50.4 Å². The van der Waals surface area contributed by atoms with E-state index in [9.17, 15) is 4.79 Å². The molecule has 0 spiro atoms. The van der Waals surface area contributed by atoms with Crippen molar-refractivity contribution in [3.63, 3.8) is 0 Å². The Morgan fingerprint density at radius 1 is 1.12 bits per heavy atom. The van der Waals surface area contributed by atoms with E-state index in [0.717, 1.165) is 23.4 Å². The van der Waals surface area contributed by atoms with Crippen molar-refractivity contribution in [3.05, 3.63) is 58.1 Å². The van der Waals surface area contributed by atoms with Crippen LogP contribution in [0.5, 0.6) is 5.75 Å². The van der Waals surface area contributed by atoms with Gasteiger partial charge in [-0.2, -0.15) is 0 Å². The summed E-state index contributed by atoms with van der Waals surface area (Å²) in [5.41, 5.74) is 1.84. The van der Waals surface area contributed by atoms with Gasteiger partial charge in [-0.1, -0.05) is 41.4 Å². The van der Waals surface area contributed by atoms with Gasteiger partial charge in [0.05, 0.1) is 17.8 Å². The van der Waals surface area contributed by atoms with Crippen molar-refractivity contribution in [3.8, 4) is 5.75 Å². The molecule has 1 amide bonds. The maximum absolute atomic E-state index is 11.9. The third-order valence-electron chi connectivity index (χ3n) is 3.51. The SMILES string of the molecule is COc1ccccc1CCNC(=O)CCNc1ccc(Cl)cc1Cl. The molecule has 0 aliphatic rings. The van der Waals surface area contributed by atoms with Crippen LogP contribution >= 0.6 is 23.2 Å². The van der Waals surface area contributed by atoms with Crippen molar-refractivity contribution in [2.45, 2.75) is 12.8 Å². The zero-order valence-corrected chi connectivity index (χ0v) is 15.0. The summed E-state index contributed by atoms with van der Waals surface area (Å²) in [4.78, 5) is 11.9. The number of amides is 1. The van der Waals surface area contributed by atoms with Crippen LogP contribution in [0.2, 0.25) is 10.0 Å². The molecule has 0 heterocycles. The fourth-order valence-corrected chi connectivity index (χ4v) is 2.75. The first-order valence-electron chi connectivity index (χ1n) is 7.67. The number of anilines is 1. The van der Waals surface area contributed by atoms with Gasteiger partial charge in [0.25, 0.3) is 0 Å². The minimum absolute atomic E-state index is 0.0116. The Balaban J connectivity index is 1.70. The Labute approximate surface area is 152 Å². The van der Waals surface area contributed by atoms with E-state index >= 15 is 0 Å². The predicted molar refractivity (Wildman–Crippen MR) is 99.3 cm³/mol. The first kappa shape index (κ1) is 18.4. The highest BCUT2D eigenvalue weighted by Gasteiger charge is 2.05. The van der Waals surface area contributed by atoms with E-state index in [1.54, 1.807) is 25.3 Å². The zero-order valence-electron chi connectivity index (χ0n) is 13.4. The second-order valence-corrected chi connectivity index (χ2v) is 6.06. The van der Waals surface area contributed by atoms with Gasteiger partial charge in [-0.25, -0.2) is 0 Å². The van der Waals surface area contributed by atoms with Gasteiger partial charge >= 0.3 is 0 Å². The molecule has 24 heavy (non-hydrogen) atoms. The molecule has 2 aromatic rings. The van der Waals surface area contributed by atoms with Gasteiger partial charge in [-0.3, -0.25) is 4.79 Å². The van der Waals surface area contributed by atoms with Gasteiger partial charge < -0.3 is 15.4 Å². The number of hydrogen-bond acceptors (Lipinski definition) is 3. The maximum Gasteiger partial charge on any atom is 0.221 e. The zero-order chi connectivity index (χ0) is 17.4. The van der Waals surface area contributed by atoms with Crippen LogP contribution in [-0.2, 0) is 11.2 Å². The van der Waals surface area contributed by atoms with E-state index in [1.165, 1.54) is 0 Å². The molecule has 2 N–H and O–H groups in total. The first-order chi connectivity index (χ1) is 11.6. The summed E-state index contributed by atoms with van der Waals surface area (Å²) in [5, 5.41) is 7.15. The van der Waals surface area contributed by atoms with Crippen molar-refractivity contribution in [2.24, 2.45) is 0 Å². The average Bonchev–Trinajstić information content (AvgIpc) is 2.57. The van der Waals surface area contributed by atoms with Gasteiger partial charge in [0.15, 0.2) is 0 Å². The van der Waals surface area contributed by atoms with Gasteiger partial charge in [0.2, 0.25) is 5.91 Å². The predicted octanol–water partition coefficient (Wildman–Crippen LogP) is 4.16. The molecule has 0 radical (unpaired) electrons. The van der Waals surface area contributed by atoms with Crippen molar-refractivity contribution in [1.29, 1.82) is 0 Å². The highest BCUT2D eigenvalue weighted by Crippen LogP contribution is 2.25. The summed E-state index contributed by atoms with van der Waals surface area (Å²) < 4.78 is 5.29. The first-order valence-corrected chi connectivity index (χ1v) is 8.43. The van der Waals surface area contributed by atoms with Crippen molar-refractivity contribution < 1.29 is 9.53 Å². The van der Waals surface area contributed by atoms with Crippen molar-refractivity contribution in [2.75, 3.05) is 25.5 Å². The number of halogens is 2. The quantitative estimate of drug-likeness (QED) is 0.737. The molecule has 0 saturated heterocycles. The average molecular weight is 367 g/mol. The van der Waals surface area contributed by atoms with E-state index in [-0.39, 0.29) is 5.91 Å². The van der Waals surface area contributed by atoms with E-state index in [2.05, 4.69) is 10.6 Å². The minimum Gasteiger partial charge on any atom is -0.496 e. The molecule has 0 aromatic heterocycles. The fourth-order valence-electron chi connectivity index (χ4n) is 2.28. The molecule has 2 rings (SSSR count). The van der Waals surface area contributed by atoms with E-state index in [0.29, 0.717) is 29.6 Å². The van der Waals surface area contributed by atoms with Crippen LogP contribution in [0.3, 0.4) is 0 Å². The Kier molecular flexibility index (Phi) is 7.22. The van der Waals surface area contributed by atoms with Crippen LogP contribution in [0.1, 0.15) is 12.0 Å². The van der Waals surface area contributed by atoms with Crippen LogP contribution in [0.4, 0.5) is 5.69 Å². The highest BCUT2D eigenvalue weighted by atomic mass is 35.5. The van der Waals surface area contributed by atoms with Gasteiger partial charge in [0, 0.05) is 24.5 Å². The van der Waals surface area contributed by atoms with Crippen molar-refractivity contribution in [1.82, 2.24) is 5.32 Å². The molecule has 0 aliphatic heterocycles. The number of hydrogen-bond donors (Lipinski definition) is 2. The molecule has 2 aromatic carbocycles. The molecule has 0 aliphatic carbocycles. The molecule has 4 nitrogen and oxygen atoms in total. The lowest BCUT2D eigenvalue weighted by Crippen LogP contribution is -2.27. The second-order valence-electron chi connectivity index (χ2n) is 5.21. The monoisotopic (exact) mass is 366 g/mol. The number of benzene rings is 2. The molecular weight excluding hydrogens is 347 g/mol. The minimum atomic E-state index is -0.0116. The standard InChI is InChI=1S/C18H20Cl2N2O2/c1-24-17-5-3-2-4-13(17)8-10-22-18(23)9-11-21-16-7-6-14(19)12-15(16)20/h2-7,12,21H,8-11H2,1H3,(H,22,23). The third-order valence-corrected chi connectivity index (χ3v) is 4.06. The van der Waals surface area contributed by atoms with Crippen LogP contribution in [0.25, 0.3) is 0 Å². The number of methoxy groups -OCH3 is 1. The number of rotatable bonds is 8. The van der Waals surface area contributed by atoms with Crippen molar-refractivity contribution >= 4 is 34.8 Å². The number of carbonyl (C=O) groups is 1. The highest BCUT2D eigenvalue weighted by molar-refractivity contribution is 6.36. The van der Waals surface area contributed by atoms with Crippen LogP contribution in [-0.4, -0.2) is 26.1 Å². The Bertz CT molecular complexity index is 692. The molecule has 128 valence electrons. The number of nitrogens with one attached hydrogen (secondary N) is 2. The molecule has 6 heteroatoms. The van der Waals surface area contributed by atoms with E-state index in [1.807, 2.05) is 24.3 Å². The smallest absolute Gasteiger partial charge is 0.221 e. The van der Waals surface area contributed by atoms with E-state index < -0.39 is 0 Å². The normalized spacial score (nSPS) is 10.3. The lowest BCUT2D eigenvalue weighted by Gasteiger charge is -2.10. The Morgan fingerprint density at radius 3 is 2.67 bits per heavy atom. The third kappa shape index (κ3) is 5.62. The lowest BCUT2D eigenvalue weighted by atomic mass is 10.1. The van der Waals surface area contributed by atoms with E-state index in [4.69, 9.17) is 27.9 Å². The fraction of sp³-hybridized carbons (Fsp3) is 0.278. The summed E-state index contributed by atoms with van der Waals surface area (Å²) in [5.74, 6) is 0.827. The van der Waals surface area contributed by atoms with Crippen LogP contribution in [0.15, 0.2) is 42.5 Å². The summed E-state index contributed by atoms with van der Waals surface area (Å²) >= 11 is 11.9. The van der Waals surface area contributed by atoms with Gasteiger partial charge in [0.1, 0.15) is 5.75 Å². The summed E-state index contributed by atoms with van der Waals surface area (Å²) in [6.07, 6.45) is 1.09. The maximum atomic E-state index is 11.9. The summed E-state index contributed by atoms with van der Waals surface area (Å²) in [7, 11) is 1.64. The van der Waals surface area contributed by atoms with Gasteiger partial charge in [-0.05, 0) is 36.2 Å². The number of carbonyl (C=O) groups excluding carboxylic acids is 1. The molecule has 0 bridgehead atoms. The summed E-state index contributed by atoms with van der Waals surface area (Å²) in [6.45, 7) is 1.07.